The summed E-state index contributed by atoms with van der Waals surface area (Å²) in [4.78, 5) is 18.9. The third-order valence-corrected chi connectivity index (χ3v) is 5.16. The fourth-order valence-corrected chi connectivity index (χ4v) is 3.61. The van der Waals surface area contributed by atoms with Crippen molar-refractivity contribution in [2.75, 3.05) is 31.6 Å². The molecule has 2 heterocycles. The molecule has 24 heavy (non-hydrogen) atoms. The number of carbonyl (C=O) groups excluding carboxylic acids is 1. The number of thiazole rings is 1. The number of amides is 2. The second-order valence-corrected chi connectivity index (χ2v) is 6.93. The Kier molecular flexibility index (Phi) is 5.48. The average molecular weight is 345 g/mol. The first kappa shape index (κ1) is 16.9. The van der Waals surface area contributed by atoms with Crippen LogP contribution in [-0.4, -0.2) is 42.2 Å². The van der Waals surface area contributed by atoms with E-state index in [1.807, 2.05) is 48.4 Å². The van der Waals surface area contributed by atoms with Gasteiger partial charge in [0, 0.05) is 47.9 Å². The number of ether oxygens (including phenoxy) is 1. The maximum atomic E-state index is 12.5. The number of urea groups is 1. The summed E-state index contributed by atoms with van der Waals surface area (Å²) in [6.45, 7) is 6.98. The molecular formula is C18H23N3O2S. The summed E-state index contributed by atoms with van der Waals surface area (Å²) in [5.41, 5.74) is 2.84. The van der Waals surface area contributed by atoms with E-state index in [1.54, 1.807) is 11.3 Å². The van der Waals surface area contributed by atoms with Crippen LogP contribution in [0.2, 0.25) is 0 Å². The highest BCUT2D eigenvalue weighted by molar-refractivity contribution is 7.13. The molecule has 1 atom stereocenters. The second-order valence-electron chi connectivity index (χ2n) is 6.07. The lowest BCUT2D eigenvalue weighted by atomic mass is 10.1. The Balaban J connectivity index is 1.66. The zero-order valence-electron chi connectivity index (χ0n) is 14.1. The van der Waals surface area contributed by atoms with Gasteiger partial charge in [-0.25, -0.2) is 9.78 Å². The molecule has 0 bridgehead atoms. The van der Waals surface area contributed by atoms with Gasteiger partial charge in [0.25, 0.3) is 0 Å². The van der Waals surface area contributed by atoms with Gasteiger partial charge in [-0.2, -0.15) is 0 Å². The van der Waals surface area contributed by atoms with Crippen LogP contribution in [0.15, 0.2) is 29.6 Å². The van der Waals surface area contributed by atoms with Gasteiger partial charge in [0.1, 0.15) is 5.01 Å². The van der Waals surface area contributed by atoms with Gasteiger partial charge in [0.05, 0.1) is 6.61 Å². The number of anilines is 1. The molecule has 1 N–H and O–H groups in total. The molecule has 2 amide bonds. The highest BCUT2D eigenvalue weighted by atomic mass is 32.1. The SMILES string of the molecule is CCN(C[C@H]1CCOC1)C(=O)Nc1cccc(-c2nc(C)cs2)c1. The lowest BCUT2D eigenvalue weighted by Crippen LogP contribution is -2.38. The van der Waals surface area contributed by atoms with Crippen LogP contribution in [0.3, 0.4) is 0 Å². The lowest BCUT2D eigenvalue weighted by molar-refractivity contribution is 0.171. The molecule has 1 aliphatic heterocycles. The van der Waals surface area contributed by atoms with E-state index in [-0.39, 0.29) is 6.03 Å². The predicted molar refractivity (Wildman–Crippen MR) is 97.5 cm³/mol. The smallest absolute Gasteiger partial charge is 0.321 e. The minimum atomic E-state index is -0.0585. The van der Waals surface area contributed by atoms with Crippen LogP contribution in [0.5, 0.6) is 0 Å². The Morgan fingerprint density at radius 2 is 2.38 bits per heavy atom. The Morgan fingerprint density at radius 1 is 1.50 bits per heavy atom. The van der Waals surface area contributed by atoms with Crippen LogP contribution in [0.1, 0.15) is 19.0 Å². The number of benzene rings is 1. The molecule has 0 radical (unpaired) electrons. The first-order valence-corrected chi connectivity index (χ1v) is 9.20. The number of aryl methyl sites for hydroxylation is 1. The zero-order valence-corrected chi connectivity index (χ0v) is 14.9. The number of carbonyl (C=O) groups is 1. The molecule has 128 valence electrons. The van der Waals surface area contributed by atoms with Crippen molar-refractivity contribution in [3.63, 3.8) is 0 Å². The van der Waals surface area contributed by atoms with Crippen molar-refractivity contribution >= 4 is 23.1 Å². The fraction of sp³-hybridized carbons (Fsp3) is 0.444. The molecule has 0 saturated carbocycles. The van der Waals surface area contributed by atoms with Gasteiger partial charge >= 0.3 is 6.03 Å². The Morgan fingerprint density at radius 3 is 3.04 bits per heavy atom. The number of nitrogens with one attached hydrogen (secondary N) is 1. The number of hydrogen-bond donors (Lipinski definition) is 1. The van der Waals surface area contributed by atoms with Gasteiger partial charge in [0.15, 0.2) is 0 Å². The molecule has 3 rings (SSSR count). The summed E-state index contributed by atoms with van der Waals surface area (Å²) >= 11 is 1.61. The first-order chi connectivity index (χ1) is 11.7. The normalized spacial score (nSPS) is 17.0. The monoisotopic (exact) mass is 345 g/mol. The van der Waals surface area contributed by atoms with E-state index in [0.717, 1.165) is 48.1 Å². The molecule has 1 saturated heterocycles. The van der Waals surface area contributed by atoms with Gasteiger partial charge in [0.2, 0.25) is 0 Å². The van der Waals surface area contributed by atoms with Crippen molar-refractivity contribution in [1.82, 2.24) is 9.88 Å². The predicted octanol–water partition coefficient (Wildman–Crippen LogP) is 4.01. The van der Waals surface area contributed by atoms with Crippen LogP contribution >= 0.6 is 11.3 Å². The van der Waals surface area contributed by atoms with Gasteiger partial charge in [-0.15, -0.1) is 11.3 Å². The quantitative estimate of drug-likeness (QED) is 0.891. The summed E-state index contributed by atoms with van der Waals surface area (Å²) in [6, 6.07) is 7.79. The van der Waals surface area contributed by atoms with Crippen molar-refractivity contribution in [3.8, 4) is 10.6 Å². The average Bonchev–Trinajstić information content (AvgIpc) is 3.24. The number of rotatable bonds is 5. The van der Waals surface area contributed by atoms with Gasteiger partial charge in [-0.1, -0.05) is 12.1 Å². The molecule has 5 nitrogen and oxygen atoms in total. The minimum Gasteiger partial charge on any atom is -0.381 e. The minimum absolute atomic E-state index is 0.0585. The number of nitrogens with zero attached hydrogens (tertiary/aromatic N) is 2. The van der Waals surface area contributed by atoms with E-state index < -0.39 is 0 Å². The molecule has 0 aliphatic carbocycles. The molecular weight excluding hydrogens is 322 g/mol. The Bertz CT molecular complexity index is 695. The molecule has 0 spiro atoms. The van der Waals surface area contributed by atoms with Crippen molar-refractivity contribution in [3.05, 3.63) is 35.3 Å². The van der Waals surface area contributed by atoms with E-state index >= 15 is 0 Å². The van der Waals surface area contributed by atoms with Gasteiger partial charge in [-0.05, 0) is 32.4 Å². The third-order valence-electron chi connectivity index (χ3n) is 4.15. The van der Waals surface area contributed by atoms with Gasteiger partial charge in [-0.3, -0.25) is 0 Å². The molecule has 1 aromatic carbocycles. The van der Waals surface area contributed by atoms with Crippen molar-refractivity contribution in [2.24, 2.45) is 5.92 Å². The van der Waals surface area contributed by atoms with E-state index in [4.69, 9.17) is 4.74 Å². The zero-order chi connectivity index (χ0) is 16.9. The van der Waals surface area contributed by atoms with Crippen LogP contribution in [0.25, 0.3) is 10.6 Å². The topological polar surface area (TPSA) is 54.5 Å². The van der Waals surface area contributed by atoms with E-state index in [1.165, 1.54) is 0 Å². The maximum absolute atomic E-state index is 12.5. The molecule has 2 aromatic rings. The Hall–Kier alpha value is -1.92. The van der Waals surface area contributed by atoms with Crippen LogP contribution < -0.4 is 5.32 Å². The van der Waals surface area contributed by atoms with E-state index in [0.29, 0.717) is 12.5 Å². The molecule has 6 heteroatoms. The Labute approximate surface area is 146 Å². The van der Waals surface area contributed by atoms with Gasteiger partial charge < -0.3 is 15.0 Å². The summed E-state index contributed by atoms with van der Waals surface area (Å²) in [7, 11) is 0. The summed E-state index contributed by atoms with van der Waals surface area (Å²) in [5, 5.41) is 6.01. The first-order valence-electron chi connectivity index (χ1n) is 8.32. The molecule has 0 unspecified atom stereocenters. The van der Waals surface area contributed by atoms with Crippen molar-refractivity contribution < 1.29 is 9.53 Å². The standard InChI is InChI=1S/C18H23N3O2S/c1-3-21(10-14-7-8-23-11-14)18(22)20-16-6-4-5-15(9-16)17-19-13(2)12-24-17/h4-6,9,12,14H,3,7-8,10-11H2,1-2H3,(H,20,22)/t14-/m1/s1. The maximum Gasteiger partial charge on any atom is 0.321 e. The lowest BCUT2D eigenvalue weighted by Gasteiger charge is -2.24. The van der Waals surface area contributed by atoms with Crippen molar-refractivity contribution in [2.45, 2.75) is 20.3 Å². The number of aromatic nitrogens is 1. The third kappa shape index (κ3) is 4.13. The second kappa shape index (κ2) is 7.77. The molecule has 1 aromatic heterocycles. The summed E-state index contributed by atoms with van der Waals surface area (Å²) < 4.78 is 5.40. The highest BCUT2D eigenvalue weighted by Crippen LogP contribution is 2.26. The summed E-state index contributed by atoms with van der Waals surface area (Å²) in [5.74, 6) is 0.445. The van der Waals surface area contributed by atoms with Crippen LogP contribution in [0, 0.1) is 12.8 Å². The molecule has 1 fully saturated rings. The van der Waals surface area contributed by atoms with E-state index in [9.17, 15) is 4.79 Å². The van der Waals surface area contributed by atoms with Crippen molar-refractivity contribution in [1.29, 1.82) is 0 Å². The van der Waals surface area contributed by atoms with Crippen LogP contribution in [0.4, 0.5) is 10.5 Å². The fourth-order valence-electron chi connectivity index (χ4n) is 2.81. The van der Waals surface area contributed by atoms with E-state index in [2.05, 4.69) is 10.3 Å². The summed E-state index contributed by atoms with van der Waals surface area (Å²) in [6.07, 6.45) is 1.03. The molecule has 1 aliphatic rings. The van der Waals surface area contributed by atoms with Crippen LogP contribution in [-0.2, 0) is 4.74 Å². The number of hydrogen-bond acceptors (Lipinski definition) is 4. The largest absolute Gasteiger partial charge is 0.381 e. The highest BCUT2D eigenvalue weighted by Gasteiger charge is 2.21.